The van der Waals surface area contributed by atoms with Crippen LogP contribution in [0.15, 0.2) is 11.6 Å². The topological polar surface area (TPSA) is 209 Å². The van der Waals surface area contributed by atoms with Crippen molar-refractivity contribution < 1.29 is 73.0 Å². The Morgan fingerprint density at radius 2 is 1.29 bits per heavy atom. The lowest BCUT2D eigenvalue weighted by molar-refractivity contribution is -0.336. The van der Waals surface area contributed by atoms with E-state index in [0.29, 0.717) is 18.8 Å². The van der Waals surface area contributed by atoms with Crippen molar-refractivity contribution in [3.8, 4) is 0 Å². The van der Waals surface area contributed by atoms with E-state index < -0.39 is 96.9 Å². The van der Waals surface area contributed by atoms with Crippen molar-refractivity contribution >= 4 is 11.9 Å². The van der Waals surface area contributed by atoms with Gasteiger partial charge in [-0.3, -0.25) is 4.79 Å². The lowest BCUT2D eigenvalue weighted by Crippen LogP contribution is -2.67. The second-order valence-corrected chi connectivity index (χ2v) is 19.4. The first-order chi connectivity index (χ1) is 27.4. The van der Waals surface area contributed by atoms with E-state index in [1.54, 1.807) is 19.9 Å². The Labute approximate surface area is 341 Å². The average Bonchev–Trinajstić information content (AvgIpc) is 3.70. The first-order valence-corrected chi connectivity index (χ1v) is 21.8. The molecule has 328 valence electrons. The molecule has 0 aromatic carbocycles. The minimum absolute atomic E-state index is 0.0551. The van der Waals surface area contributed by atoms with Gasteiger partial charge in [0.25, 0.3) is 0 Å². The summed E-state index contributed by atoms with van der Waals surface area (Å²) in [5.74, 6) is -0.339. The third-order valence-electron chi connectivity index (χ3n) is 16.2. The van der Waals surface area contributed by atoms with Gasteiger partial charge in [0, 0.05) is 37.7 Å². The van der Waals surface area contributed by atoms with Crippen LogP contribution in [0.2, 0.25) is 0 Å². The maximum absolute atomic E-state index is 12.6. The molecule has 4 heterocycles. The predicted octanol–water partition coefficient (Wildman–Crippen LogP) is 2.79. The van der Waals surface area contributed by atoms with Crippen LogP contribution in [0.3, 0.4) is 0 Å². The summed E-state index contributed by atoms with van der Waals surface area (Å²) < 4.78 is 47.6. The maximum atomic E-state index is 12.6. The maximum Gasteiger partial charge on any atom is 0.331 e. The Balaban J connectivity index is 0.823. The van der Waals surface area contributed by atoms with Crippen molar-refractivity contribution in [1.82, 2.24) is 0 Å². The van der Waals surface area contributed by atoms with Crippen molar-refractivity contribution in [2.24, 2.45) is 34.5 Å². The largest absolute Gasteiger partial charge is 0.458 e. The molecule has 3 saturated heterocycles. The molecule has 15 nitrogen and oxygen atoms in total. The van der Waals surface area contributed by atoms with Gasteiger partial charge in [0.2, 0.25) is 0 Å². The molecule has 0 radical (unpaired) electrons. The summed E-state index contributed by atoms with van der Waals surface area (Å²) in [5.41, 5.74) is -0.916. The van der Waals surface area contributed by atoms with Gasteiger partial charge in [-0.2, -0.15) is 0 Å². The molecule has 21 atom stereocenters. The van der Waals surface area contributed by atoms with Crippen LogP contribution in [0.25, 0.3) is 0 Å². The van der Waals surface area contributed by atoms with Gasteiger partial charge in [0.05, 0.1) is 54.4 Å². The van der Waals surface area contributed by atoms with Crippen LogP contribution in [0.5, 0.6) is 0 Å². The van der Waals surface area contributed by atoms with Crippen LogP contribution in [-0.2, 0) is 47.5 Å². The number of aliphatic hydroxyl groups is 5. The third kappa shape index (κ3) is 7.49. The molecule has 4 aliphatic heterocycles. The number of aliphatic hydroxyl groups excluding tert-OH is 4. The monoisotopic (exact) mass is 822 g/mol. The molecule has 0 aromatic rings. The number of ether oxygens (including phenoxy) is 8. The Morgan fingerprint density at radius 1 is 0.724 bits per heavy atom. The molecule has 5 N–H and O–H groups in total. The van der Waals surface area contributed by atoms with E-state index in [1.165, 1.54) is 6.92 Å². The fraction of sp³-hybridized carbons (Fsp3) is 0.907. The highest BCUT2D eigenvalue weighted by molar-refractivity contribution is 5.85. The normalized spacial score (nSPS) is 53.2. The van der Waals surface area contributed by atoms with E-state index in [-0.39, 0.29) is 61.1 Å². The number of carbonyl (C=O) groups is 2. The number of hydrogen-bond donors (Lipinski definition) is 5. The zero-order valence-electron chi connectivity index (χ0n) is 34.8. The van der Waals surface area contributed by atoms with Crippen LogP contribution < -0.4 is 0 Å². The summed E-state index contributed by atoms with van der Waals surface area (Å²) in [7, 11) is 0. The average molecular weight is 823 g/mol. The Morgan fingerprint density at radius 3 is 1.83 bits per heavy atom. The van der Waals surface area contributed by atoms with E-state index in [2.05, 4.69) is 6.92 Å². The first-order valence-electron chi connectivity index (χ1n) is 21.8. The minimum Gasteiger partial charge on any atom is -0.458 e. The van der Waals surface area contributed by atoms with Crippen molar-refractivity contribution in [2.45, 2.75) is 204 Å². The number of cyclic esters (lactones) is 1. The molecule has 7 fully saturated rings. The quantitative estimate of drug-likeness (QED) is 0.176. The van der Waals surface area contributed by atoms with Gasteiger partial charge in [-0.15, -0.1) is 0 Å². The molecule has 4 saturated carbocycles. The van der Waals surface area contributed by atoms with E-state index in [0.717, 1.165) is 44.1 Å². The van der Waals surface area contributed by atoms with E-state index in [1.807, 2.05) is 13.8 Å². The Kier molecular flexibility index (Phi) is 12.0. The highest BCUT2D eigenvalue weighted by Crippen LogP contribution is 2.70. The molecule has 58 heavy (non-hydrogen) atoms. The van der Waals surface area contributed by atoms with Gasteiger partial charge in [-0.1, -0.05) is 13.8 Å². The molecule has 0 aromatic heterocycles. The third-order valence-corrected chi connectivity index (χ3v) is 16.2. The molecule has 15 heteroatoms. The Hall–Kier alpha value is -1.76. The van der Waals surface area contributed by atoms with Gasteiger partial charge in [0.15, 0.2) is 25.0 Å². The van der Waals surface area contributed by atoms with Crippen molar-refractivity contribution in [3.05, 3.63) is 11.6 Å². The van der Waals surface area contributed by atoms with Gasteiger partial charge < -0.3 is 63.4 Å². The predicted molar refractivity (Wildman–Crippen MR) is 202 cm³/mol. The minimum atomic E-state index is -1.02. The van der Waals surface area contributed by atoms with Crippen molar-refractivity contribution in [2.75, 3.05) is 6.61 Å². The van der Waals surface area contributed by atoms with Crippen LogP contribution in [0.4, 0.5) is 0 Å². The molecule has 0 amide bonds. The summed E-state index contributed by atoms with van der Waals surface area (Å²) in [5, 5.41) is 57.5. The zero-order valence-corrected chi connectivity index (χ0v) is 34.8. The summed E-state index contributed by atoms with van der Waals surface area (Å²) in [6, 6.07) is 0. The van der Waals surface area contributed by atoms with Crippen LogP contribution >= 0.6 is 0 Å². The second-order valence-electron chi connectivity index (χ2n) is 19.4. The molecule has 21 unspecified atom stereocenters. The fourth-order valence-corrected chi connectivity index (χ4v) is 13.1. The van der Waals surface area contributed by atoms with E-state index in [9.17, 15) is 35.1 Å². The van der Waals surface area contributed by atoms with Crippen LogP contribution in [-0.4, -0.2) is 136 Å². The molecular weight excluding hydrogens is 756 g/mol. The number of fused-ring (bicyclic) bond motifs is 5. The number of hydrogen-bond acceptors (Lipinski definition) is 15. The standard InChI is InChI=1S/C43H66O15/c1-20-38(55-23(4)44)30(45)17-36(53-20)57-40-22(3)54-37(18-32(40)47)58-39-21(2)52-35(16-31(39)46)56-26-9-11-41(5)25(14-26)7-8-28-29(41)15-33(48)42(6)27(10-12-43(28,42)50)24-13-34(49)51-19-24/h13,20-22,25-33,35-40,45-48,50H,7-12,14-19H2,1-6H3. The van der Waals surface area contributed by atoms with Crippen molar-refractivity contribution in [3.63, 3.8) is 0 Å². The lowest BCUT2D eigenvalue weighted by atomic mass is 9.42. The lowest BCUT2D eigenvalue weighted by Gasteiger charge is -2.65. The fourth-order valence-electron chi connectivity index (χ4n) is 13.1. The highest BCUT2D eigenvalue weighted by Gasteiger charge is 2.71. The summed E-state index contributed by atoms with van der Waals surface area (Å²) in [6.45, 7) is 11.2. The second kappa shape index (κ2) is 16.2. The number of carbonyl (C=O) groups excluding carboxylic acids is 2. The summed E-state index contributed by atoms with van der Waals surface area (Å²) >= 11 is 0. The summed E-state index contributed by atoms with van der Waals surface area (Å²) in [4.78, 5) is 23.4. The smallest absolute Gasteiger partial charge is 0.331 e. The zero-order chi connectivity index (χ0) is 41.5. The van der Waals surface area contributed by atoms with Gasteiger partial charge in [-0.05, 0) is 107 Å². The number of esters is 2. The SMILES string of the molecule is CC(=O)OC1C(O)CC(OC2C(O)CC(OC3C(O)CC(OC4CCC5(C)C(CCC6C5CC(O)C5(C)C(C7=CC(=O)OC7)CCC65O)C4)OC3C)OC2C)OC1C. The number of rotatable bonds is 8. The molecule has 8 rings (SSSR count). The molecule has 4 aliphatic carbocycles. The molecular formula is C43H66O15. The van der Waals surface area contributed by atoms with Crippen LogP contribution in [0.1, 0.15) is 112 Å². The van der Waals surface area contributed by atoms with Crippen LogP contribution in [0, 0.1) is 34.5 Å². The van der Waals surface area contributed by atoms with Crippen molar-refractivity contribution in [1.29, 1.82) is 0 Å². The summed E-state index contributed by atoms with van der Waals surface area (Å²) in [6.07, 6.45) is -1.64. The molecule has 8 aliphatic rings. The first kappa shape index (κ1) is 42.9. The van der Waals surface area contributed by atoms with E-state index in [4.69, 9.17) is 37.9 Å². The highest BCUT2D eigenvalue weighted by atomic mass is 16.7. The van der Waals surface area contributed by atoms with Gasteiger partial charge in [-0.25, -0.2) is 4.79 Å². The molecule has 0 spiro atoms. The van der Waals surface area contributed by atoms with E-state index >= 15 is 0 Å². The molecule has 0 bridgehead atoms. The van der Waals surface area contributed by atoms with Gasteiger partial charge >= 0.3 is 11.9 Å². The Bertz CT molecular complexity index is 1520. The van der Waals surface area contributed by atoms with Gasteiger partial charge in [0.1, 0.15) is 18.8 Å².